The van der Waals surface area contributed by atoms with Gasteiger partial charge in [0.25, 0.3) is 7.82 Å². The molecular formula is C35H66NO8P. The van der Waals surface area contributed by atoms with Gasteiger partial charge in [0, 0.05) is 12.8 Å². The Morgan fingerprint density at radius 3 is 1.78 bits per heavy atom. The van der Waals surface area contributed by atoms with Crippen LogP contribution in [0.5, 0.6) is 0 Å². The van der Waals surface area contributed by atoms with E-state index in [2.05, 4.69) is 31.2 Å². The maximum absolute atomic E-state index is 12.4. The molecule has 0 aromatic heterocycles. The number of quaternary nitrogens is 1. The SMILES string of the molecule is CCCCCCC/C=C\C/C=C\CCCCCCCCCCCC(=O)OC(COC(=O)CC)COP(=O)([O-])OCC[N+](C)(C)C. The van der Waals surface area contributed by atoms with E-state index in [0.717, 1.165) is 32.1 Å². The number of likely N-dealkylation sites (N-methyl/N-ethyl adjacent to an activating group) is 1. The molecule has 2 atom stereocenters. The Morgan fingerprint density at radius 2 is 1.24 bits per heavy atom. The van der Waals surface area contributed by atoms with Crippen molar-refractivity contribution >= 4 is 19.8 Å². The number of carbonyl (C=O) groups excluding carboxylic acids is 2. The first-order valence-corrected chi connectivity index (χ1v) is 19.0. The summed E-state index contributed by atoms with van der Waals surface area (Å²) in [5.41, 5.74) is 0. The summed E-state index contributed by atoms with van der Waals surface area (Å²) in [4.78, 5) is 36.0. The van der Waals surface area contributed by atoms with Crippen LogP contribution in [-0.2, 0) is 32.7 Å². The number of rotatable bonds is 31. The van der Waals surface area contributed by atoms with Crippen molar-refractivity contribution in [3.05, 3.63) is 24.3 Å². The van der Waals surface area contributed by atoms with Gasteiger partial charge in [0.15, 0.2) is 6.10 Å². The van der Waals surface area contributed by atoms with Gasteiger partial charge in [-0.1, -0.05) is 109 Å². The summed E-state index contributed by atoms with van der Waals surface area (Å²) in [6.45, 7) is 3.59. The third kappa shape index (κ3) is 32.2. The zero-order valence-electron chi connectivity index (χ0n) is 29.3. The number of hydrogen-bond donors (Lipinski definition) is 0. The molecule has 0 bridgehead atoms. The van der Waals surface area contributed by atoms with Gasteiger partial charge >= 0.3 is 11.9 Å². The summed E-state index contributed by atoms with van der Waals surface area (Å²) < 4.78 is 32.9. The molecule has 0 aliphatic carbocycles. The highest BCUT2D eigenvalue weighted by atomic mass is 31.2. The van der Waals surface area contributed by atoms with Gasteiger partial charge in [-0.05, 0) is 38.5 Å². The van der Waals surface area contributed by atoms with E-state index in [0.29, 0.717) is 17.4 Å². The lowest BCUT2D eigenvalue weighted by atomic mass is 10.1. The van der Waals surface area contributed by atoms with Gasteiger partial charge in [0.2, 0.25) is 0 Å². The van der Waals surface area contributed by atoms with Crippen molar-refractivity contribution in [2.24, 2.45) is 0 Å². The molecule has 0 radical (unpaired) electrons. The summed E-state index contributed by atoms with van der Waals surface area (Å²) in [5, 5.41) is 0. The van der Waals surface area contributed by atoms with E-state index in [1.807, 2.05) is 21.1 Å². The first-order valence-electron chi connectivity index (χ1n) is 17.5. The fraction of sp³-hybridized carbons (Fsp3) is 0.829. The number of ether oxygens (including phenoxy) is 2. The summed E-state index contributed by atoms with van der Waals surface area (Å²) >= 11 is 0. The molecule has 0 aliphatic rings. The van der Waals surface area contributed by atoms with Crippen molar-refractivity contribution < 1.29 is 42.1 Å². The Balaban J connectivity index is 3.95. The van der Waals surface area contributed by atoms with Crippen LogP contribution in [-0.4, -0.2) is 70.0 Å². The van der Waals surface area contributed by atoms with Gasteiger partial charge in [0.05, 0.1) is 27.7 Å². The van der Waals surface area contributed by atoms with Crippen LogP contribution < -0.4 is 4.89 Å². The number of nitrogens with zero attached hydrogens (tertiary/aromatic N) is 1. The molecule has 9 nitrogen and oxygen atoms in total. The molecular weight excluding hydrogens is 593 g/mol. The van der Waals surface area contributed by atoms with E-state index in [1.165, 1.54) is 70.6 Å². The normalized spacial score (nSPS) is 14.2. The van der Waals surface area contributed by atoms with E-state index in [9.17, 15) is 19.0 Å². The minimum Gasteiger partial charge on any atom is -0.756 e. The lowest BCUT2D eigenvalue weighted by molar-refractivity contribution is -0.870. The summed E-state index contributed by atoms with van der Waals surface area (Å²) in [6.07, 6.45) is 28.8. The van der Waals surface area contributed by atoms with Crippen LogP contribution in [0.1, 0.15) is 136 Å². The van der Waals surface area contributed by atoms with Crippen LogP contribution in [0.2, 0.25) is 0 Å². The van der Waals surface area contributed by atoms with Crippen molar-refractivity contribution in [1.29, 1.82) is 0 Å². The maximum atomic E-state index is 12.4. The lowest BCUT2D eigenvalue weighted by Crippen LogP contribution is -2.37. The van der Waals surface area contributed by atoms with Gasteiger partial charge in [-0.3, -0.25) is 14.2 Å². The fourth-order valence-corrected chi connectivity index (χ4v) is 5.16. The number of hydrogen-bond acceptors (Lipinski definition) is 8. The van der Waals surface area contributed by atoms with Gasteiger partial charge in [-0.15, -0.1) is 0 Å². The van der Waals surface area contributed by atoms with E-state index in [1.54, 1.807) is 6.92 Å². The summed E-state index contributed by atoms with van der Waals surface area (Å²) in [7, 11) is 1.15. The second kappa shape index (κ2) is 28.7. The second-order valence-corrected chi connectivity index (χ2v) is 14.3. The van der Waals surface area contributed by atoms with Gasteiger partial charge < -0.3 is 27.9 Å². The molecule has 0 N–H and O–H groups in total. The Morgan fingerprint density at radius 1 is 0.711 bits per heavy atom. The van der Waals surface area contributed by atoms with E-state index in [4.69, 9.17) is 18.5 Å². The Kier molecular flexibility index (Phi) is 27.7. The van der Waals surface area contributed by atoms with Crippen LogP contribution in [0, 0.1) is 0 Å². The standard InChI is InChI=1S/C35H66NO8P/c1-6-8-9-10-11-12-13-14-15-16-17-18-19-20-21-22-23-24-25-26-27-28-35(38)44-33(31-41-34(37)7-2)32-43-45(39,40)42-30-29-36(3,4)5/h13-14,16-17,33H,6-12,15,18-32H2,1-5H3/b14-13-,17-16-. The molecule has 264 valence electrons. The van der Waals surface area contributed by atoms with Crippen LogP contribution in [0.4, 0.5) is 0 Å². The minimum atomic E-state index is -4.59. The van der Waals surface area contributed by atoms with Crippen LogP contribution in [0.15, 0.2) is 24.3 Å². The van der Waals surface area contributed by atoms with Crippen LogP contribution in [0.3, 0.4) is 0 Å². The zero-order chi connectivity index (χ0) is 33.7. The second-order valence-electron chi connectivity index (χ2n) is 12.8. The number of phosphoric ester groups is 1. The predicted octanol–water partition coefficient (Wildman–Crippen LogP) is 8.21. The molecule has 0 aromatic carbocycles. The minimum absolute atomic E-state index is 0.0329. The molecule has 0 saturated heterocycles. The Hall–Kier alpha value is -1.51. The van der Waals surface area contributed by atoms with Crippen molar-refractivity contribution in [3.63, 3.8) is 0 Å². The maximum Gasteiger partial charge on any atom is 0.306 e. The number of phosphoric acid groups is 1. The largest absolute Gasteiger partial charge is 0.756 e. The molecule has 0 saturated carbocycles. The highest BCUT2D eigenvalue weighted by Crippen LogP contribution is 2.38. The topological polar surface area (TPSA) is 111 Å². The average molecular weight is 660 g/mol. The first-order chi connectivity index (χ1) is 21.5. The van der Waals surface area contributed by atoms with Crippen LogP contribution in [0.25, 0.3) is 0 Å². The molecule has 10 heteroatoms. The Labute approximate surface area is 275 Å². The molecule has 0 heterocycles. The predicted molar refractivity (Wildman–Crippen MR) is 181 cm³/mol. The quantitative estimate of drug-likeness (QED) is 0.0241. The highest BCUT2D eigenvalue weighted by molar-refractivity contribution is 7.45. The number of esters is 2. The van der Waals surface area contributed by atoms with E-state index >= 15 is 0 Å². The van der Waals surface area contributed by atoms with Crippen LogP contribution >= 0.6 is 7.82 Å². The van der Waals surface area contributed by atoms with E-state index in [-0.39, 0.29) is 26.1 Å². The smallest absolute Gasteiger partial charge is 0.306 e. The lowest BCUT2D eigenvalue weighted by Gasteiger charge is -2.28. The third-order valence-electron chi connectivity index (χ3n) is 7.28. The van der Waals surface area contributed by atoms with Crippen molar-refractivity contribution in [3.8, 4) is 0 Å². The molecule has 0 aliphatic heterocycles. The monoisotopic (exact) mass is 659 g/mol. The van der Waals surface area contributed by atoms with Gasteiger partial charge in [-0.2, -0.15) is 0 Å². The van der Waals surface area contributed by atoms with Gasteiger partial charge in [0.1, 0.15) is 19.8 Å². The third-order valence-corrected chi connectivity index (χ3v) is 8.24. The number of unbranched alkanes of at least 4 members (excludes halogenated alkanes) is 14. The molecule has 0 fully saturated rings. The molecule has 2 unspecified atom stereocenters. The Bertz CT molecular complexity index is 840. The molecule has 45 heavy (non-hydrogen) atoms. The molecule has 0 aromatic rings. The average Bonchev–Trinajstić information content (AvgIpc) is 2.98. The van der Waals surface area contributed by atoms with Crippen molar-refractivity contribution in [2.45, 2.75) is 142 Å². The van der Waals surface area contributed by atoms with Crippen molar-refractivity contribution in [1.82, 2.24) is 0 Å². The summed E-state index contributed by atoms with van der Waals surface area (Å²) in [5.74, 6) is -0.940. The molecule has 0 amide bonds. The molecule has 0 spiro atoms. The van der Waals surface area contributed by atoms with Gasteiger partial charge in [-0.25, -0.2) is 0 Å². The molecule has 0 rings (SSSR count). The van der Waals surface area contributed by atoms with E-state index < -0.39 is 32.5 Å². The first kappa shape index (κ1) is 43.5. The summed E-state index contributed by atoms with van der Waals surface area (Å²) in [6, 6.07) is 0. The number of carbonyl (C=O) groups is 2. The zero-order valence-corrected chi connectivity index (χ0v) is 30.2. The fourth-order valence-electron chi connectivity index (χ4n) is 4.43. The number of allylic oxidation sites excluding steroid dienone is 4. The highest BCUT2D eigenvalue weighted by Gasteiger charge is 2.21. The van der Waals surface area contributed by atoms with Crippen molar-refractivity contribution in [2.75, 3.05) is 47.5 Å².